The van der Waals surface area contributed by atoms with Crippen LogP contribution in [0.3, 0.4) is 0 Å². The molecule has 0 fully saturated rings. The van der Waals surface area contributed by atoms with Crippen LogP contribution in [-0.4, -0.2) is 54.3 Å². The molecule has 1 rings (SSSR count). The fourth-order valence-corrected chi connectivity index (χ4v) is 2.32. The molecule has 220 valence electrons. The molecule has 0 saturated heterocycles. The van der Waals surface area contributed by atoms with E-state index in [9.17, 15) is 79.4 Å². The van der Waals surface area contributed by atoms with Gasteiger partial charge in [0.1, 0.15) is 0 Å². The first-order valence-corrected chi connectivity index (χ1v) is 8.97. The summed E-state index contributed by atoms with van der Waals surface area (Å²) < 4.78 is 227. The zero-order valence-corrected chi connectivity index (χ0v) is 17.9. The molecule has 4 nitrogen and oxygen atoms in total. The summed E-state index contributed by atoms with van der Waals surface area (Å²) in [6.07, 6.45) is -38.6. The van der Waals surface area contributed by atoms with Crippen LogP contribution < -0.4 is 5.32 Å². The normalized spacial score (nSPS) is 17.6. The van der Waals surface area contributed by atoms with Gasteiger partial charge in [-0.15, -0.1) is 0 Å². The van der Waals surface area contributed by atoms with Crippen molar-refractivity contribution >= 4 is 11.6 Å². The molecular weight excluding hydrogens is 589 g/mol. The predicted molar refractivity (Wildman–Crippen MR) is 87.4 cm³/mol. The van der Waals surface area contributed by atoms with E-state index in [1.54, 1.807) is 0 Å². The lowest BCUT2D eigenvalue weighted by atomic mass is 10.1. The third kappa shape index (κ3) is 5.86. The highest BCUT2D eigenvalue weighted by Crippen LogP contribution is 2.56. The van der Waals surface area contributed by atoms with E-state index >= 15 is 0 Å². The van der Waals surface area contributed by atoms with Gasteiger partial charge in [0.05, 0.1) is 0 Å². The summed E-state index contributed by atoms with van der Waals surface area (Å²) in [6.45, 7) is 2.38. The van der Waals surface area contributed by atoms with Crippen molar-refractivity contribution in [2.45, 2.75) is 62.2 Å². The number of alkyl halides is 17. The number of hydrogen-bond acceptors (Lipinski definition) is 3. The summed E-state index contributed by atoms with van der Waals surface area (Å²) in [5.74, 6) is -26.2. The second-order valence-corrected chi connectivity index (χ2v) is 7.27. The lowest BCUT2D eigenvalue weighted by Crippen LogP contribution is -2.68. The Morgan fingerprint density at radius 2 is 1.13 bits per heavy atom. The number of carbonyl (C=O) groups excluding carboxylic acids is 1. The number of amides is 1. The van der Waals surface area contributed by atoms with E-state index in [-0.39, 0.29) is 5.56 Å². The molecule has 0 unspecified atom stereocenters. The van der Waals surface area contributed by atoms with Gasteiger partial charge in [-0.3, -0.25) is 14.3 Å². The zero-order chi connectivity index (χ0) is 30.6. The highest BCUT2D eigenvalue weighted by Gasteiger charge is 2.85. The fourth-order valence-electron chi connectivity index (χ4n) is 2.32. The monoisotopic (exact) mass is 599 g/mol. The predicted octanol–water partition coefficient (Wildman–Crippen LogP) is 7.11. The molecule has 0 spiro atoms. The Morgan fingerprint density at radius 1 is 0.658 bits per heavy atom. The molecule has 0 radical (unpaired) electrons. The number of benzene rings is 1. The van der Waals surface area contributed by atoms with Gasteiger partial charge in [-0.2, -0.15) is 74.6 Å². The summed E-state index contributed by atoms with van der Waals surface area (Å²) in [5, 5.41) is 0.936. The van der Waals surface area contributed by atoms with E-state index in [0.717, 1.165) is 24.4 Å². The highest BCUT2D eigenvalue weighted by atomic mass is 19.4. The molecule has 0 aliphatic rings. The molecule has 0 bridgehead atoms. The summed E-state index contributed by atoms with van der Waals surface area (Å²) in [7, 11) is 0. The molecule has 1 N–H and O–H groups in total. The average molecular weight is 599 g/mol. The van der Waals surface area contributed by atoms with Crippen molar-refractivity contribution in [2.24, 2.45) is 0 Å². The molecule has 0 heterocycles. The Labute approximate surface area is 198 Å². The van der Waals surface area contributed by atoms with Gasteiger partial charge < -0.3 is 5.32 Å². The second kappa shape index (κ2) is 9.56. The number of aryl methyl sites for hydroxylation is 2. The van der Waals surface area contributed by atoms with E-state index < -0.39 is 60.0 Å². The van der Waals surface area contributed by atoms with Crippen LogP contribution in [0.25, 0.3) is 0 Å². The third-order valence-electron chi connectivity index (χ3n) is 4.28. The first kappa shape index (κ1) is 33.4. The van der Waals surface area contributed by atoms with Crippen LogP contribution in [-0.2, 0) is 14.3 Å². The van der Waals surface area contributed by atoms with Crippen molar-refractivity contribution in [1.29, 1.82) is 0 Å². The molecule has 0 aromatic heterocycles. The van der Waals surface area contributed by atoms with E-state index in [0.29, 0.717) is 11.6 Å². The van der Waals surface area contributed by atoms with Crippen molar-refractivity contribution in [3.8, 4) is 0 Å². The fraction of sp³-hybridized carbons (Fsp3) is 0.588. The Morgan fingerprint density at radius 3 is 1.50 bits per heavy atom. The van der Waals surface area contributed by atoms with Crippen molar-refractivity contribution in [2.75, 3.05) is 5.32 Å². The second-order valence-electron chi connectivity index (χ2n) is 7.27. The number of ether oxygens (including phenoxy) is 2. The van der Waals surface area contributed by atoms with Gasteiger partial charge in [-0.25, -0.2) is 0 Å². The third-order valence-corrected chi connectivity index (χ3v) is 4.28. The molecule has 1 aromatic carbocycles. The zero-order valence-electron chi connectivity index (χ0n) is 17.9. The maximum atomic E-state index is 14.5. The van der Waals surface area contributed by atoms with Crippen LogP contribution in [0, 0.1) is 13.8 Å². The number of rotatable bonds is 8. The van der Waals surface area contributed by atoms with Gasteiger partial charge in [0.15, 0.2) is 0 Å². The summed E-state index contributed by atoms with van der Waals surface area (Å²) in [4.78, 5) is 11.8. The smallest absolute Gasteiger partial charge is 0.321 e. The van der Waals surface area contributed by atoms with Crippen LogP contribution in [0.1, 0.15) is 11.1 Å². The molecule has 0 saturated carbocycles. The minimum absolute atomic E-state index is 0.234. The van der Waals surface area contributed by atoms with Crippen LogP contribution >= 0.6 is 0 Å². The van der Waals surface area contributed by atoms with E-state index in [1.807, 2.05) is 4.74 Å². The van der Waals surface area contributed by atoms with Crippen molar-refractivity contribution < 1.29 is 88.9 Å². The van der Waals surface area contributed by atoms with Gasteiger partial charge in [0.25, 0.3) is 5.91 Å². The van der Waals surface area contributed by atoms with Crippen molar-refractivity contribution in [3.05, 3.63) is 29.3 Å². The SMILES string of the molecule is Cc1ccc(NC(=O)[C@@](F)(OC(F)(F)[C@@](F)(OC(F)(F)C(F)(F)C(F)(F)F)C(F)(F)F)C(F)(F)F)c(C)c1. The van der Waals surface area contributed by atoms with E-state index in [2.05, 4.69) is 0 Å². The van der Waals surface area contributed by atoms with E-state index in [4.69, 9.17) is 0 Å². The quantitative estimate of drug-likeness (QED) is 0.324. The van der Waals surface area contributed by atoms with Gasteiger partial charge in [-0.1, -0.05) is 17.7 Å². The first-order valence-electron chi connectivity index (χ1n) is 8.97. The molecule has 2 atom stereocenters. The number of hydrogen-bond donors (Lipinski definition) is 1. The lowest BCUT2D eigenvalue weighted by molar-refractivity contribution is -0.548. The Kier molecular flexibility index (Phi) is 8.41. The number of nitrogens with one attached hydrogen (secondary N) is 1. The van der Waals surface area contributed by atoms with Gasteiger partial charge in [-0.05, 0) is 25.5 Å². The molecule has 0 aliphatic carbocycles. The molecule has 1 aromatic rings. The Bertz CT molecular complexity index is 1030. The van der Waals surface area contributed by atoms with Crippen LogP contribution in [0.4, 0.5) is 80.3 Å². The van der Waals surface area contributed by atoms with Crippen LogP contribution in [0.15, 0.2) is 18.2 Å². The number of halogens is 17. The average Bonchev–Trinajstić information content (AvgIpc) is 2.66. The van der Waals surface area contributed by atoms with Crippen LogP contribution in [0.2, 0.25) is 0 Å². The molecule has 38 heavy (non-hydrogen) atoms. The summed E-state index contributed by atoms with van der Waals surface area (Å²) >= 11 is 0. The van der Waals surface area contributed by atoms with Crippen molar-refractivity contribution in [1.82, 2.24) is 0 Å². The molecule has 0 aliphatic heterocycles. The van der Waals surface area contributed by atoms with E-state index in [1.165, 1.54) is 11.7 Å². The Hall–Kier alpha value is -2.58. The first-order chi connectivity index (χ1) is 16.5. The largest absolute Gasteiger partial charge is 0.462 e. The maximum absolute atomic E-state index is 14.5. The highest BCUT2D eigenvalue weighted by molar-refractivity contribution is 5.97. The molecule has 21 heteroatoms. The van der Waals surface area contributed by atoms with Gasteiger partial charge >= 0.3 is 48.4 Å². The topological polar surface area (TPSA) is 47.6 Å². The molecular formula is C17H10F17NO3. The van der Waals surface area contributed by atoms with Gasteiger partial charge in [0, 0.05) is 5.69 Å². The summed E-state index contributed by atoms with van der Waals surface area (Å²) in [5.41, 5.74) is -0.734. The minimum Gasteiger partial charge on any atom is -0.321 e. The van der Waals surface area contributed by atoms with Crippen LogP contribution in [0.5, 0.6) is 0 Å². The Balaban J connectivity index is 3.65. The number of carbonyl (C=O) groups is 1. The standard InChI is InChI=1S/C17H10F17NO3/c1-6-3-4-8(7(2)5-6)35-9(36)10(18,13(22,23)24)37-17(33,34)12(21,15(28,29)30)38-16(31,32)11(19,20)14(25,26)27/h3-5H,1-2H3,(H,35,36)/t10-,12+/m1/s1. The van der Waals surface area contributed by atoms with Crippen molar-refractivity contribution in [3.63, 3.8) is 0 Å². The molecule has 1 amide bonds. The maximum Gasteiger partial charge on any atom is 0.462 e. The van der Waals surface area contributed by atoms with Gasteiger partial charge in [0.2, 0.25) is 0 Å². The lowest BCUT2D eigenvalue weighted by Gasteiger charge is -2.40. The number of anilines is 1. The minimum atomic E-state index is -8.05. The summed E-state index contributed by atoms with van der Waals surface area (Å²) in [6, 6.07) is 2.79.